The molecule has 0 fully saturated rings. The predicted octanol–water partition coefficient (Wildman–Crippen LogP) is 6.41. The van der Waals surface area contributed by atoms with Crippen LogP contribution < -0.4 is 0 Å². The number of unbranched alkanes of at least 4 members (excludes halogenated alkanes) is 8. The standard InChI is InChI=1S/C18H31/c1-3-5-7-9-11-13-15-17-18-16-14-12-10-8-6-4-2/h10,12,14,16-18H,1,3-9,11,13,15H2,2H3. The summed E-state index contributed by atoms with van der Waals surface area (Å²) in [6.45, 7) is 6.09. The van der Waals surface area contributed by atoms with E-state index in [1.807, 2.05) is 0 Å². The van der Waals surface area contributed by atoms with Crippen molar-refractivity contribution in [1.82, 2.24) is 0 Å². The van der Waals surface area contributed by atoms with E-state index in [0.29, 0.717) is 0 Å². The van der Waals surface area contributed by atoms with Gasteiger partial charge in [-0.15, -0.1) is 0 Å². The van der Waals surface area contributed by atoms with Crippen molar-refractivity contribution in [3.63, 3.8) is 0 Å². The van der Waals surface area contributed by atoms with Crippen molar-refractivity contribution >= 4 is 0 Å². The van der Waals surface area contributed by atoms with E-state index in [1.165, 1.54) is 57.8 Å². The third-order valence-corrected chi connectivity index (χ3v) is 2.95. The third-order valence-electron chi connectivity index (χ3n) is 2.95. The van der Waals surface area contributed by atoms with Crippen molar-refractivity contribution in [3.05, 3.63) is 43.4 Å². The highest BCUT2D eigenvalue weighted by Gasteiger charge is 1.87. The maximum atomic E-state index is 3.86. The number of allylic oxidation sites excluding steroid dienone is 6. The summed E-state index contributed by atoms with van der Waals surface area (Å²) in [5, 5.41) is 0. The summed E-state index contributed by atoms with van der Waals surface area (Å²) in [4.78, 5) is 0. The highest BCUT2D eigenvalue weighted by atomic mass is 13.9. The van der Waals surface area contributed by atoms with E-state index >= 15 is 0 Å². The largest absolute Gasteiger partial charge is 0.0845 e. The van der Waals surface area contributed by atoms with Crippen LogP contribution in [-0.2, 0) is 0 Å². The topological polar surface area (TPSA) is 0 Å². The zero-order valence-corrected chi connectivity index (χ0v) is 12.2. The maximum Gasteiger partial charge on any atom is -0.0348 e. The van der Waals surface area contributed by atoms with Crippen LogP contribution in [0.15, 0.2) is 36.5 Å². The molecule has 0 spiro atoms. The molecular weight excluding hydrogens is 216 g/mol. The summed E-state index contributed by atoms with van der Waals surface area (Å²) < 4.78 is 0. The molecule has 0 amide bonds. The van der Waals surface area contributed by atoms with Gasteiger partial charge in [0.2, 0.25) is 0 Å². The maximum absolute atomic E-state index is 3.86. The van der Waals surface area contributed by atoms with Crippen LogP contribution in [0.5, 0.6) is 0 Å². The lowest BCUT2D eigenvalue weighted by Crippen LogP contribution is -1.77. The summed E-state index contributed by atoms with van der Waals surface area (Å²) in [5.74, 6) is 0. The molecule has 0 aliphatic heterocycles. The molecule has 0 heteroatoms. The van der Waals surface area contributed by atoms with Gasteiger partial charge in [-0.2, -0.15) is 0 Å². The van der Waals surface area contributed by atoms with Gasteiger partial charge in [0.1, 0.15) is 0 Å². The Labute approximate surface area is 115 Å². The summed E-state index contributed by atoms with van der Waals surface area (Å²) in [5.41, 5.74) is 0. The Balaban J connectivity index is 3.26. The normalized spacial score (nSPS) is 12.3. The second kappa shape index (κ2) is 16.2. The van der Waals surface area contributed by atoms with Crippen molar-refractivity contribution < 1.29 is 0 Å². The second-order valence-corrected chi connectivity index (χ2v) is 4.79. The molecule has 0 N–H and O–H groups in total. The van der Waals surface area contributed by atoms with E-state index in [1.54, 1.807) is 0 Å². The number of rotatable bonds is 12. The van der Waals surface area contributed by atoms with Crippen LogP contribution in [0.1, 0.15) is 71.1 Å². The van der Waals surface area contributed by atoms with E-state index < -0.39 is 0 Å². The van der Waals surface area contributed by atoms with E-state index in [-0.39, 0.29) is 0 Å². The van der Waals surface area contributed by atoms with E-state index in [4.69, 9.17) is 0 Å². The monoisotopic (exact) mass is 247 g/mol. The summed E-state index contributed by atoms with van der Waals surface area (Å²) in [6.07, 6.45) is 25.9. The molecule has 103 valence electrons. The third kappa shape index (κ3) is 15.2. The average Bonchev–Trinajstić information content (AvgIpc) is 2.39. The molecule has 0 unspecified atom stereocenters. The van der Waals surface area contributed by atoms with Crippen LogP contribution >= 0.6 is 0 Å². The van der Waals surface area contributed by atoms with E-state index in [0.717, 1.165) is 6.42 Å². The smallest absolute Gasteiger partial charge is 0.0348 e. The van der Waals surface area contributed by atoms with Crippen molar-refractivity contribution in [2.45, 2.75) is 71.1 Å². The van der Waals surface area contributed by atoms with Crippen LogP contribution in [-0.4, -0.2) is 0 Å². The molecule has 18 heavy (non-hydrogen) atoms. The summed E-state index contributed by atoms with van der Waals surface area (Å²) in [7, 11) is 0. The Morgan fingerprint density at radius 2 is 1.22 bits per heavy atom. The Morgan fingerprint density at radius 3 is 1.83 bits per heavy atom. The lowest BCUT2D eigenvalue weighted by molar-refractivity contribution is 0.621. The molecule has 0 aromatic heterocycles. The summed E-state index contributed by atoms with van der Waals surface area (Å²) >= 11 is 0. The molecule has 0 rings (SSSR count). The first kappa shape index (κ1) is 17.2. The number of hydrogen-bond acceptors (Lipinski definition) is 0. The minimum absolute atomic E-state index is 1.09. The van der Waals surface area contributed by atoms with Gasteiger partial charge in [0.15, 0.2) is 0 Å². The molecule has 0 heterocycles. The van der Waals surface area contributed by atoms with Crippen LogP contribution in [0.4, 0.5) is 0 Å². The molecule has 0 aromatic carbocycles. The minimum Gasteiger partial charge on any atom is -0.0845 e. The van der Waals surface area contributed by atoms with Gasteiger partial charge in [0.05, 0.1) is 0 Å². The quantitative estimate of drug-likeness (QED) is 0.276. The lowest BCUT2D eigenvalue weighted by Gasteiger charge is -1.97. The zero-order valence-electron chi connectivity index (χ0n) is 12.2. The Kier molecular flexibility index (Phi) is 15.5. The first-order valence-corrected chi connectivity index (χ1v) is 7.69. The molecule has 0 aliphatic rings. The van der Waals surface area contributed by atoms with Crippen molar-refractivity contribution in [2.24, 2.45) is 0 Å². The molecule has 0 bridgehead atoms. The molecule has 0 aromatic rings. The van der Waals surface area contributed by atoms with E-state index in [9.17, 15) is 0 Å². The van der Waals surface area contributed by atoms with Gasteiger partial charge in [-0.1, -0.05) is 95.2 Å². The second-order valence-electron chi connectivity index (χ2n) is 4.79. The van der Waals surface area contributed by atoms with Gasteiger partial charge >= 0.3 is 0 Å². The van der Waals surface area contributed by atoms with Gasteiger partial charge in [0, 0.05) is 0 Å². The van der Waals surface area contributed by atoms with Crippen LogP contribution in [0.2, 0.25) is 0 Å². The number of hydrogen-bond donors (Lipinski definition) is 0. The Hall–Kier alpha value is -0.780. The molecule has 0 aliphatic carbocycles. The van der Waals surface area contributed by atoms with Crippen molar-refractivity contribution in [3.8, 4) is 0 Å². The molecule has 0 nitrogen and oxygen atoms in total. The van der Waals surface area contributed by atoms with Gasteiger partial charge in [-0.05, 0) is 19.3 Å². The van der Waals surface area contributed by atoms with Crippen LogP contribution in [0.25, 0.3) is 0 Å². The fraction of sp³-hybridized carbons (Fsp3) is 0.611. The van der Waals surface area contributed by atoms with Gasteiger partial charge in [-0.25, -0.2) is 0 Å². The zero-order chi connectivity index (χ0) is 13.3. The Morgan fingerprint density at radius 1 is 0.667 bits per heavy atom. The average molecular weight is 247 g/mol. The molecule has 0 saturated heterocycles. The van der Waals surface area contributed by atoms with Gasteiger partial charge < -0.3 is 0 Å². The van der Waals surface area contributed by atoms with Crippen LogP contribution in [0, 0.1) is 6.92 Å². The minimum atomic E-state index is 1.09. The van der Waals surface area contributed by atoms with Crippen molar-refractivity contribution in [2.75, 3.05) is 0 Å². The fourth-order valence-electron chi connectivity index (χ4n) is 1.77. The molecule has 0 saturated carbocycles. The van der Waals surface area contributed by atoms with Crippen molar-refractivity contribution in [1.29, 1.82) is 0 Å². The summed E-state index contributed by atoms with van der Waals surface area (Å²) in [6, 6.07) is 0. The van der Waals surface area contributed by atoms with Gasteiger partial charge in [0.25, 0.3) is 0 Å². The van der Waals surface area contributed by atoms with E-state index in [2.05, 4.69) is 50.3 Å². The highest BCUT2D eigenvalue weighted by Crippen LogP contribution is 2.06. The first-order valence-electron chi connectivity index (χ1n) is 7.69. The molecule has 0 atom stereocenters. The molecule has 1 radical (unpaired) electrons. The van der Waals surface area contributed by atoms with Gasteiger partial charge in [-0.3, -0.25) is 0 Å². The predicted molar refractivity (Wildman–Crippen MR) is 84.6 cm³/mol. The molecular formula is C18H31. The Bertz CT molecular complexity index is 220. The first-order chi connectivity index (χ1) is 8.91. The SMILES string of the molecule is [CH2]CCCCCCCC=CC=CC=CCCCC. The fourth-order valence-corrected chi connectivity index (χ4v) is 1.77. The van der Waals surface area contributed by atoms with Crippen LogP contribution in [0.3, 0.4) is 0 Å². The lowest BCUT2D eigenvalue weighted by atomic mass is 10.1. The highest BCUT2D eigenvalue weighted by molar-refractivity contribution is 5.10.